The molecule has 1 aliphatic rings. The van der Waals surface area contributed by atoms with Crippen molar-refractivity contribution in [3.8, 4) is 5.75 Å². The van der Waals surface area contributed by atoms with Crippen molar-refractivity contribution >= 4 is 5.57 Å². The lowest BCUT2D eigenvalue weighted by Gasteiger charge is -2.17. The Morgan fingerprint density at radius 1 is 1.07 bits per heavy atom. The molecular weight excluding hydrogens is 184 g/mol. The Morgan fingerprint density at radius 3 is 2.47 bits per heavy atom. The summed E-state index contributed by atoms with van der Waals surface area (Å²) in [7, 11) is 0. The predicted octanol–water partition coefficient (Wildman–Crippen LogP) is 3.97. The highest BCUT2D eigenvalue weighted by molar-refractivity contribution is 5.74. The predicted molar refractivity (Wildman–Crippen MR) is 64.0 cm³/mol. The molecule has 0 amide bonds. The van der Waals surface area contributed by atoms with E-state index in [0.29, 0.717) is 5.75 Å². The highest BCUT2D eigenvalue weighted by atomic mass is 16.3. The van der Waals surface area contributed by atoms with Gasteiger partial charge in [-0.15, -0.1) is 0 Å². The molecule has 0 saturated heterocycles. The number of allylic oxidation sites excluding steroid dienone is 2. The molecule has 1 aliphatic carbocycles. The molecule has 0 atom stereocenters. The Kier molecular flexibility index (Phi) is 2.81. The van der Waals surface area contributed by atoms with Gasteiger partial charge in [-0.05, 0) is 56.2 Å². The Hall–Kier alpha value is -1.24. The molecule has 1 aromatic carbocycles. The second-order valence-electron chi connectivity index (χ2n) is 4.40. The molecule has 0 aromatic heterocycles. The largest absolute Gasteiger partial charge is 0.507 e. The van der Waals surface area contributed by atoms with Gasteiger partial charge in [-0.3, -0.25) is 0 Å². The fraction of sp³-hybridized carbons (Fsp3) is 0.429. The molecule has 15 heavy (non-hydrogen) atoms. The van der Waals surface area contributed by atoms with Gasteiger partial charge in [-0.2, -0.15) is 0 Å². The molecule has 0 aliphatic heterocycles. The minimum atomic E-state index is 0.475. The van der Waals surface area contributed by atoms with Crippen molar-refractivity contribution in [2.75, 3.05) is 0 Å². The first-order valence-corrected chi connectivity index (χ1v) is 5.68. The molecule has 1 aromatic rings. The van der Waals surface area contributed by atoms with E-state index in [4.69, 9.17) is 0 Å². The van der Waals surface area contributed by atoms with Crippen molar-refractivity contribution in [2.24, 2.45) is 0 Å². The molecule has 80 valence electrons. The molecule has 0 bridgehead atoms. The minimum absolute atomic E-state index is 0.475. The van der Waals surface area contributed by atoms with Crippen LogP contribution in [0.3, 0.4) is 0 Å². The van der Waals surface area contributed by atoms with Gasteiger partial charge >= 0.3 is 0 Å². The van der Waals surface area contributed by atoms with Crippen LogP contribution in [0, 0.1) is 13.8 Å². The molecule has 1 N–H and O–H groups in total. The van der Waals surface area contributed by atoms with Gasteiger partial charge in [0.1, 0.15) is 5.75 Å². The van der Waals surface area contributed by atoms with Crippen LogP contribution in [0.4, 0.5) is 0 Å². The molecule has 0 saturated carbocycles. The third-order valence-corrected chi connectivity index (χ3v) is 3.20. The lowest BCUT2D eigenvalue weighted by molar-refractivity contribution is 0.468. The standard InChI is InChI=1S/C14H18O/c1-10-8-9-11(2)14(15)13(10)12-6-4-3-5-7-12/h6,8-9,15H,3-5,7H2,1-2H3. The van der Waals surface area contributed by atoms with Gasteiger partial charge in [0.2, 0.25) is 0 Å². The fourth-order valence-corrected chi connectivity index (χ4v) is 2.27. The summed E-state index contributed by atoms with van der Waals surface area (Å²) in [5.74, 6) is 0.475. The van der Waals surface area contributed by atoms with E-state index in [2.05, 4.69) is 19.1 Å². The van der Waals surface area contributed by atoms with E-state index in [1.807, 2.05) is 13.0 Å². The zero-order valence-electron chi connectivity index (χ0n) is 9.51. The first-order chi connectivity index (χ1) is 7.20. The average Bonchev–Trinajstić information content (AvgIpc) is 2.26. The zero-order chi connectivity index (χ0) is 10.8. The Morgan fingerprint density at radius 2 is 1.80 bits per heavy atom. The lowest BCUT2D eigenvalue weighted by atomic mass is 9.89. The molecule has 0 spiro atoms. The molecule has 1 heteroatoms. The first-order valence-electron chi connectivity index (χ1n) is 5.68. The normalized spacial score (nSPS) is 16.3. The van der Waals surface area contributed by atoms with Crippen LogP contribution in [-0.4, -0.2) is 5.11 Å². The van der Waals surface area contributed by atoms with E-state index in [1.54, 1.807) is 0 Å². The molecule has 0 unspecified atom stereocenters. The lowest BCUT2D eigenvalue weighted by Crippen LogP contribution is -1.96. The Bertz CT molecular complexity index is 402. The van der Waals surface area contributed by atoms with E-state index >= 15 is 0 Å². The highest BCUT2D eigenvalue weighted by Crippen LogP contribution is 2.36. The highest BCUT2D eigenvalue weighted by Gasteiger charge is 2.14. The summed E-state index contributed by atoms with van der Waals surface area (Å²) in [6, 6.07) is 4.08. The van der Waals surface area contributed by atoms with Crippen molar-refractivity contribution in [1.82, 2.24) is 0 Å². The van der Waals surface area contributed by atoms with Crippen molar-refractivity contribution in [2.45, 2.75) is 39.5 Å². The van der Waals surface area contributed by atoms with E-state index < -0.39 is 0 Å². The van der Waals surface area contributed by atoms with Gasteiger partial charge in [0, 0.05) is 5.56 Å². The van der Waals surface area contributed by atoms with E-state index in [-0.39, 0.29) is 0 Å². The second kappa shape index (κ2) is 4.09. The van der Waals surface area contributed by atoms with Crippen LogP contribution in [-0.2, 0) is 0 Å². The average molecular weight is 202 g/mol. The summed E-state index contributed by atoms with van der Waals surface area (Å²) in [5.41, 5.74) is 4.57. The van der Waals surface area contributed by atoms with E-state index in [1.165, 1.54) is 24.0 Å². The van der Waals surface area contributed by atoms with Gasteiger partial charge in [0.05, 0.1) is 0 Å². The number of aromatic hydroxyl groups is 1. The maximum atomic E-state index is 10.1. The van der Waals surface area contributed by atoms with Gasteiger partial charge < -0.3 is 5.11 Å². The molecular formula is C14H18O. The zero-order valence-corrected chi connectivity index (χ0v) is 9.51. The maximum Gasteiger partial charge on any atom is 0.126 e. The van der Waals surface area contributed by atoms with Crippen molar-refractivity contribution in [3.05, 3.63) is 34.9 Å². The van der Waals surface area contributed by atoms with Crippen LogP contribution in [0.5, 0.6) is 5.75 Å². The van der Waals surface area contributed by atoms with Gasteiger partial charge in [-0.25, -0.2) is 0 Å². The molecule has 1 nitrogen and oxygen atoms in total. The van der Waals surface area contributed by atoms with Crippen LogP contribution < -0.4 is 0 Å². The fourth-order valence-electron chi connectivity index (χ4n) is 2.27. The van der Waals surface area contributed by atoms with Gasteiger partial charge in [0.15, 0.2) is 0 Å². The maximum absolute atomic E-state index is 10.1. The SMILES string of the molecule is Cc1ccc(C)c(C2=CCCCC2)c1O. The smallest absolute Gasteiger partial charge is 0.126 e. The summed E-state index contributed by atoms with van der Waals surface area (Å²) in [5, 5.41) is 10.1. The van der Waals surface area contributed by atoms with Crippen LogP contribution in [0.15, 0.2) is 18.2 Å². The molecule has 0 radical (unpaired) electrons. The number of rotatable bonds is 1. The molecule has 2 rings (SSSR count). The van der Waals surface area contributed by atoms with Crippen LogP contribution in [0.2, 0.25) is 0 Å². The Balaban J connectivity index is 2.50. The number of hydrogen-bond donors (Lipinski definition) is 1. The molecule has 0 heterocycles. The number of aryl methyl sites for hydroxylation is 2. The number of phenolic OH excluding ortho intramolecular Hbond substituents is 1. The summed E-state index contributed by atoms with van der Waals surface area (Å²) >= 11 is 0. The van der Waals surface area contributed by atoms with E-state index in [9.17, 15) is 5.11 Å². The topological polar surface area (TPSA) is 20.2 Å². The quantitative estimate of drug-likeness (QED) is 0.730. The second-order valence-corrected chi connectivity index (χ2v) is 4.40. The van der Waals surface area contributed by atoms with Gasteiger partial charge in [-0.1, -0.05) is 18.2 Å². The van der Waals surface area contributed by atoms with Crippen LogP contribution in [0.25, 0.3) is 5.57 Å². The summed E-state index contributed by atoms with van der Waals surface area (Å²) in [6.45, 7) is 4.03. The van der Waals surface area contributed by atoms with Crippen molar-refractivity contribution in [1.29, 1.82) is 0 Å². The third-order valence-electron chi connectivity index (χ3n) is 3.20. The van der Waals surface area contributed by atoms with E-state index in [0.717, 1.165) is 24.0 Å². The third kappa shape index (κ3) is 1.92. The first kappa shape index (κ1) is 10.3. The minimum Gasteiger partial charge on any atom is -0.507 e. The Labute approximate surface area is 91.4 Å². The molecule has 0 fully saturated rings. The van der Waals surface area contributed by atoms with Crippen molar-refractivity contribution in [3.63, 3.8) is 0 Å². The number of phenols is 1. The number of hydrogen-bond acceptors (Lipinski definition) is 1. The summed E-state index contributed by atoms with van der Waals surface area (Å²) in [6.07, 6.45) is 7.08. The summed E-state index contributed by atoms with van der Waals surface area (Å²) in [4.78, 5) is 0. The van der Waals surface area contributed by atoms with Crippen LogP contribution in [0.1, 0.15) is 42.4 Å². The number of benzene rings is 1. The monoisotopic (exact) mass is 202 g/mol. The van der Waals surface area contributed by atoms with Crippen molar-refractivity contribution < 1.29 is 5.11 Å². The summed E-state index contributed by atoms with van der Waals surface area (Å²) < 4.78 is 0. The van der Waals surface area contributed by atoms with Gasteiger partial charge in [0.25, 0.3) is 0 Å². The van der Waals surface area contributed by atoms with Crippen LogP contribution >= 0.6 is 0 Å².